The molecule has 0 amide bonds. The largest absolute Gasteiger partial charge is 0.383 e. The van der Waals surface area contributed by atoms with Gasteiger partial charge in [0.1, 0.15) is 0 Å². The standard InChI is InChI=1S/C13H22N2O/c1-11(2)13(10-16-3)15-9-7-12-6-4-5-8-14-12/h4-6,8,11,13,15H,7,9-10H2,1-3H3. The van der Waals surface area contributed by atoms with Crippen molar-refractivity contribution in [3.8, 4) is 0 Å². The van der Waals surface area contributed by atoms with Crippen molar-refractivity contribution in [1.82, 2.24) is 10.3 Å². The number of pyridine rings is 1. The van der Waals surface area contributed by atoms with E-state index in [4.69, 9.17) is 4.74 Å². The maximum atomic E-state index is 5.19. The predicted molar refractivity (Wildman–Crippen MR) is 66.4 cm³/mol. The fourth-order valence-corrected chi connectivity index (χ4v) is 1.60. The van der Waals surface area contributed by atoms with Crippen LogP contribution >= 0.6 is 0 Å². The summed E-state index contributed by atoms with van der Waals surface area (Å²) in [6.45, 7) is 6.12. The number of ether oxygens (including phenoxy) is 1. The molecule has 1 N–H and O–H groups in total. The lowest BCUT2D eigenvalue weighted by Crippen LogP contribution is -2.38. The molecule has 0 fully saturated rings. The van der Waals surface area contributed by atoms with Crippen LogP contribution in [-0.4, -0.2) is 31.3 Å². The SMILES string of the molecule is COCC(NCCc1ccccn1)C(C)C. The first-order chi connectivity index (χ1) is 7.74. The highest BCUT2D eigenvalue weighted by molar-refractivity contribution is 5.03. The van der Waals surface area contributed by atoms with Crippen LogP contribution in [-0.2, 0) is 11.2 Å². The number of aromatic nitrogens is 1. The number of methoxy groups -OCH3 is 1. The van der Waals surface area contributed by atoms with Gasteiger partial charge in [-0.05, 0) is 18.1 Å². The number of nitrogens with one attached hydrogen (secondary N) is 1. The Hall–Kier alpha value is -0.930. The van der Waals surface area contributed by atoms with Crippen molar-refractivity contribution in [3.63, 3.8) is 0 Å². The van der Waals surface area contributed by atoms with Crippen molar-refractivity contribution in [2.24, 2.45) is 5.92 Å². The minimum atomic E-state index is 0.425. The van der Waals surface area contributed by atoms with Crippen molar-refractivity contribution >= 4 is 0 Å². The lowest BCUT2D eigenvalue weighted by Gasteiger charge is -2.21. The molecular weight excluding hydrogens is 200 g/mol. The molecule has 0 bridgehead atoms. The summed E-state index contributed by atoms with van der Waals surface area (Å²) in [4.78, 5) is 4.30. The van der Waals surface area contributed by atoms with Crippen LogP contribution in [0, 0.1) is 5.92 Å². The molecule has 3 nitrogen and oxygen atoms in total. The third-order valence-corrected chi connectivity index (χ3v) is 2.66. The zero-order valence-corrected chi connectivity index (χ0v) is 10.4. The molecule has 0 saturated carbocycles. The van der Waals surface area contributed by atoms with E-state index in [1.165, 1.54) is 0 Å². The Labute approximate surface area is 98.2 Å². The monoisotopic (exact) mass is 222 g/mol. The van der Waals surface area contributed by atoms with E-state index in [9.17, 15) is 0 Å². The zero-order chi connectivity index (χ0) is 11.8. The molecule has 1 aromatic heterocycles. The molecule has 1 rings (SSSR count). The molecule has 16 heavy (non-hydrogen) atoms. The van der Waals surface area contributed by atoms with E-state index >= 15 is 0 Å². The summed E-state index contributed by atoms with van der Waals surface area (Å²) in [6, 6.07) is 6.45. The fourth-order valence-electron chi connectivity index (χ4n) is 1.60. The van der Waals surface area contributed by atoms with Crippen molar-refractivity contribution in [2.75, 3.05) is 20.3 Å². The Kier molecular flexibility index (Phi) is 6.04. The Balaban J connectivity index is 2.28. The molecule has 0 aliphatic heterocycles. The first kappa shape index (κ1) is 13.1. The Morgan fingerprint density at radius 3 is 2.75 bits per heavy atom. The summed E-state index contributed by atoms with van der Waals surface area (Å²) >= 11 is 0. The van der Waals surface area contributed by atoms with Crippen molar-refractivity contribution in [3.05, 3.63) is 30.1 Å². The maximum Gasteiger partial charge on any atom is 0.0618 e. The van der Waals surface area contributed by atoms with Gasteiger partial charge in [0.2, 0.25) is 0 Å². The molecule has 3 heteroatoms. The summed E-state index contributed by atoms with van der Waals surface area (Å²) in [5.74, 6) is 0.587. The van der Waals surface area contributed by atoms with Crippen LogP contribution in [0.1, 0.15) is 19.5 Å². The average molecular weight is 222 g/mol. The van der Waals surface area contributed by atoms with Gasteiger partial charge in [0.05, 0.1) is 6.61 Å². The summed E-state index contributed by atoms with van der Waals surface area (Å²) in [5, 5.41) is 3.50. The molecule has 0 radical (unpaired) electrons. The van der Waals surface area contributed by atoms with Gasteiger partial charge in [-0.15, -0.1) is 0 Å². The maximum absolute atomic E-state index is 5.19. The van der Waals surface area contributed by atoms with Gasteiger partial charge < -0.3 is 10.1 Å². The van der Waals surface area contributed by atoms with E-state index in [2.05, 4.69) is 30.2 Å². The van der Waals surface area contributed by atoms with Gasteiger partial charge >= 0.3 is 0 Å². The third kappa shape index (κ3) is 4.73. The minimum Gasteiger partial charge on any atom is -0.383 e. The summed E-state index contributed by atoms with van der Waals surface area (Å²) in [7, 11) is 1.75. The normalized spacial score (nSPS) is 13.0. The van der Waals surface area contributed by atoms with Crippen LogP contribution in [0.5, 0.6) is 0 Å². The fraction of sp³-hybridized carbons (Fsp3) is 0.615. The lowest BCUT2D eigenvalue weighted by molar-refractivity contribution is 0.147. The van der Waals surface area contributed by atoms with Gasteiger partial charge in [-0.2, -0.15) is 0 Å². The molecule has 1 unspecified atom stereocenters. The van der Waals surface area contributed by atoms with Crippen LogP contribution in [0.2, 0.25) is 0 Å². The second-order valence-corrected chi connectivity index (χ2v) is 4.33. The van der Waals surface area contributed by atoms with Gasteiger partial charge in [0.25, 0.3) is 0 Å². The summed E-state index contributed by atoms with van der Waals surface area (Å²) in [5.41, 5.74) is 1.13. The summed E-state index contributed by atoms with van der Waals surface area (Å²) < 4.78 is 5.19. The van der Waals surface area contributed by atoms with E-state index < -0.39 is 0 Å². The van der Waals surface area contributed by atoms with E-state index in [1.54, 1.807) is 7.11 Å². The molecule has 1 aromatic rings. The quantitative estimate of drug-likeness (QED) is 0.765. The highest BCUT2D eigenvalue weighted by atomic mass is 16.5. The smallest absolute Gasteiger partial charge is 0.0618 e. The van der Waals surface area contributed by atoms with Crippen LogP contribution < -0.4 is 5.32 Å². The van der Waals surface area contributed by atoms with Crippen LogP contribution in [0.4, 0.5) is 0 Å². The molecular formula is C13H22N2O. The molecule has 0 aliphatic rings. The van der Waals surface area contributed by atoms with Gasteiger partial charge in [-0.25, -0.2) is 0 Å². The first-order valence-corrected chi connectivity index (χ1v) is 5.86. The van der Waals surface area contributed by atoms with E-state index in [1.807, 2.05) is 18.3 Å². The van der Waals surface area contributed by atoms with Crippen molar-refractivity contribution in [2.45, 2.75) is 26.3 Å². The first-order valence-electron chi connectivity index (χ1n) is 5.86. The lowest BCUT2D eigenvalue weighted by atomic mass is 10.1. The number of hydrogen-bond donors (Lipinski definition) is 1. The molecule has 0 spiro atoms. The van der Waals surface area contributed by atoms with E-state index in [0.717, 1.165) is 25.3 Å². The molecule has 0 aromatic carbocycles. The Morgan fingerprint density at radius 1 is 1.38 bits per heavy atom. The minimum absolute atomic E-state index is 0.425. The van der Waals surface area contributed by atoms with Gasteiger partial charge in [-0.3, -0.25) is 4.98 Å². The third-order valence-electron chi connectivity index (χ3n) is 2.66. The number of nitrogens with zero attached hydrogens (tertiary/aromatic N) is 1. The Bertz CT molecular complexity index is 275. The van der Waals surface area contributed by atoms with Gasteiger partial charge in [-0.1, -0.05) is 19.9 Å². The molecule has 0 aliphatic carbocycles. The molecule has 1 heterocycles. The second kappa shape index (κ2) is 7.36. The number of hydrogen-bond acceptors (Lipinski definition) is 3. The van der Waals surface area contributed by atoms with Crippen molar-refractivity contribution < 1.29 is 4.74 Å². The van der Waals surface area contributed by atoms with Crippen LogP contribution in [0.3, 0.4) is 0 Å². The Morgan fingerprint density at radius 2 is 2.19 bits per heavy atom. The highest BCUT2D eigenvalue weighted by Gasteiger charge is 2.11. The highest BCUT2D eigenvalue weighted by Crippen LogP contribution is 2.02. The van der Waals surface area contributed by atoms with Gasteiger partial charge in [0.15, 0.2) is 0 Å². The summed E-state index contributed by atoms with van der Waals surface area (Å²) in [6.07, 6.45) is 2.80. The topological polar surface area (TPSA) is 34.1 Å². The molecule has 1 atom stereocenters. The van der Waals surface area contributed by atoms with Crippen LogP contribution in [0.25, 0.3) is 0 Å². The second-order valence-electron chi connectivity index (χ2n) is 4.33. The van der Waals surface area contributed by atoms with Gasteiger partial charge in [0, 0.05) is 38.0 Å². The van der Waals surface area contributed by atoms with Crippen LogP contribution in [0.15, 0.2) is 24.4 Å². The predicted octanol–water partition coefficient (Wildman–Crippen LogP) is 1.88. The average Bonchev–Trinajstić information content (AvgIpc) is 2.29. The van der Waals surface area contributed by atoms with E-state index in [0.29, 0.717) is 12.0 Å². The van der Waals surface area contributed by atoms with Crippen molar-refractivity contribution in [1.29, 1.82) is 0 Å². The zero-order valence-electron chi connectivity index (χ0n) is 10.4. The molecule has 0 saturated heterocycles. The molecule has 90 valence electrons. The number of rotatable bonds is 7. The van der Waals surface area contributed by atoms with E-state index in [-0.39, 0.29) is 0 Å².